The summed E-state index contributed by atoms with van der Waals surface area (Å²) in [5, 5.41) is 4.67. The summed E-state index contributed by atoms with van der Waals surface area (Å²) in [6.07, 6.45) is 0. The summed E-state index contributed by atoms with van der Waals surface area (Å²) in [6, 6.07) is 22.9. The maximum atomic E-state index is 5.45. The number of rotatable bonds is 6. The lowest BCUT2D eigenvalue weighted by atomic mass is 10.2. The molecule has 0 radical (unpaired) electrons. The molecule has 2 aromatic heterocycles. The molecule has 30 heavy (non-hydrogen) atoms. The highest BCUT2D eigenvalue weighted by Crippen LogP contribution is 2.36. The first-order valence-electron chi connectivity index (χ1n) is 10.3. The smallest absolute Gasteiger partial charge is 0.163 e. The van der Waals surface area contributed by atoms with Crippen LogP contribution in [0.4, 0.5) is 5.82 Å². The number of anilines is 1. The van der Waals surface area contributed by atoms with Gasteiger partial charge in [0, 0.05) is 36.6 Å². The summed E-state index contributed by atoms with van der Waals surface area (Å²) in [7, 11) is 0. The van der Waals surface area contributed by atoms with E-state index in [0.29, 0.717) is 0 Å². The lowest BCUT2D eigenvalue weighted by Gasteiger charge is -2.26. The first kappa shape index (κ1) is 19.2. The maximum absolute atomic E-state index is 5.45. The van der Waals surface area contributed by atoms with Crippen LogP contribution in [0.5, 0.6) is 0 Å². The van der Waals surface area contributed by atoms with Crippen LogP contribution in [-0.4, -0.2) is 54.3 Å². The number of hydrogen-bond acceptors (Lipinski definition) is 6. The molecule has 5 rings (SSSR count). The van der Waals surface area contributed by atoms with E-state index in [0.717, 1.165) is 66.8 Å². The van der Waals surface area contributed by atoms with Crippen molar-refractivity contribution in [3.63, 3.8) is 0 Å². The third-order valence-corrected chi connectivity index (χ3v) is 6.39. The zero-order chi connectivity index (χ0) is 20.2. The summed E-state index contributed by atoms with van der Waals surface area (Å²) in [6.45, 7) is 5.45. The molecule has 1 saturated heterocycles. The van der Waals surface area contributed by atoms with Gasteiger partial charge in [0.15, 0.2) is 5.82 Å². The van der Waals surface area contributed by atoms with Crippen LogP contribution < -0.4 is 5.32 Å². The van der Waals surface area contributed by atoms with Crippen molar-refractivity contribution in [3.05, 3.63) is 66.7 Å². The Hall–Kier alpha value is -2.80. The molecule has 0 spiro atoms. The van der Waals surface area contributed by atoms with Gasteiger partial charge >= 0.3 is 0 Å². The van der Waals surface area contributed by atoms with Crippen LogP contribution in [0, 0.1) is 0 Å². The fourth-order valence-electron chi connectivity index (χ4n) is 3.67. The average Bonchev–Trinajstić information content (AvgIpc) is 3.25. The number of benzene rings is 2. The van der Waals surface area contributed by atoms with Gasteiger partial charge in [0.2, 0.25) is 0 Å². The SMILES string of the molecule is c1ccc(-c2nc(NCCN3CCOCC3)c3cc(-c4ccccc4)sc3n2)cc1. The predicted octanol–water partition coefficient (Wildman–Crippen LogP) is 4.77. The van der Waals surface area contributed by atoms with E-state index in [1.807, 2.05) is 24.3 Å². The van der Waals surface area contributed by atoms with Gasteiger partial charge in [0.1, 0.15) is 10.6 Å². The van der Waals surface area contributed by atoms with E-state index in [4.69, 9.17) is 14.7 Å². The van der Waals surface area contributed by atoms with Gasteiger partial charge in [0.05, 0.1) is 18.6 Å². The van der Waals surface area contributed by atoms with Crippen molar-refractivity contribution in [3.8, 4) is 21.8 Å². The molecule has 0 aliphatic carbocycles. The van der Waals surface area contributed by atoms with Crippen molar-refractivity contribution >= 4 is 27.4 Å². The van der Waals surface area contributed by atoms with Crippen LogP contribution in [-0.2, 0) is 4.74 Å². The Morgan fingerprint density at radius 1 is 0.900 bits per heavy atom. The number of nitrogens with zero attached hydrogens (tertiary/aromatic N) is 3. The number of fused-ring (bicyclic) bond motifs is 1. The Morgan fingerprint density at radius 2 is 1.60 bits per heavy atom. The molecule has 0 unspecified atom stereocenters. The number of ether oxygens (including phenoxy) is 1. The first-order valence-corrected chi connectivity index (χ1v) is 11.1. The molecule has 1 aliphatic rings. The molecule has 152 valence electrons. The molecular weight excluding hydrogens is 392 g/mol. The summed E-state index contributed by atoms with van der Waals surface area (Å²) >= 11 is 1.72. The van der Waals surface area contributed by atoms with Gasteiger partial charge in [-0.2, -0.15) is 0 Å². The Kier molecular flexibility index (Phi) is 5.70. The average molecular weight is 417 g/mol. The summed E-state index contributed by atoms with van der Waals surface area (Å²) in [4.78, 5) is 14.4. The van der Waals surface area contributed by atoms with E-state index >= 15 is 0 Å². The normalized spacial score (nSPS) is 14.8. The topological polar surface area (TPSA) is 50.3 Å². The highest BCUT2D eigenvalue weighted by Gasteiger charge is 2.15. The van der Waals surface area contributed by atoms with Crippen molar-refractivity contribution in [2.24, 2.45) is 0 Å². The molecule has 0 atom stereocenters. The van der Waals surface area contributed by atoms with Crippen molar-refractivity contribution in [1.82, 2.24) is 14.9 Å². The minimum atomic E-state index is 0.762. The van der Waals surface area contributed by atoms with Crippen molar-refractivity contribution in [2.45, 2.75) is 0 Å². The first-order chi connectivity index (χ1) is 14.9. The van der Waals surface area contributed by atoms with Crippen LogP contribution in [0.25, 0.3) is 32.0 Å². The molecule has 0 bridgehead atoms. The molecule has 0 saturated carbocycles. The highest BCUT2D eigenvalue weighted by atomic mass is 32.1. The molecule has 2 aromatic carbocycles. The second-order valence-electron chi connectivity index (χ2n) is 7.34. The van der Waals surface area contributed by atoms with Crippen LogP contribution in [0.15, 0.2) is 66.7 Å². The summed E-state index contributed by atoms with van der Waals surface area (Å²) in [5.41, 5.74) is 2.24. The van der Waals surface area contributed by atoms with E-state index in [2.05, 4.69) is 52.7 Å². The van der Waals surface area contributed by atoms with Crippen molar-refractivity contribution in [1.29, 1.82) is 0 Å². The van der Waals surface area contributed by atoms with E-state index < -0.39 is 0 Å². The predicted molar refractivity (Wildman–Crippen MR) is 124 cm³/mol. The fourth-order valence-corrected chi connectivity index (χ4v) is 4.71. The quantitative estimate of drug-likeness (QED) is 0.491. The zero-order valence-electron chi connectivity index (χ0n) is 16.8. The fraction of sp³-hybridized carbons (Fsp3) is 0.250. The third kappa shape index (κ3) is 4.21. The molecule has 1 N–H and O–H groups in total. The highest BCUT2D eigenvalue weighted by molar-refractivity contribution is 7.21. The Balaban J connectivity index is 1.48. The van der Waals surface area contributed by atoms with Gasteiger partial charge in [0.25, 0.3) is 0 Å². The van der Waals surface area contributed by atoms with Crippen molar-refractivity contribution < 1.29 is 4.74 Å². The standard InChI is InChI=1S/C24H24N4OS/c1-3-7-18(8-4-1)21-17-20-23(25-11-12-28-13-15-29-16-14-28)26-22(27-24(20)30-21)19-9-5-2-6-10-19/h1-10,17H,11-16H2,(H,25,26,27). The number of hydrogen-bond donors (Lipinski definition) is 1. The molecule has 1 aliphatic heterocycles. The molecule has 3 heterocycles. The van der Waals surface area contributed by atoms with E-state index in [1.54, 1.807) is 11.3 Å². The number of nitrogens with one attached hydrogen (secondary N) is 1. The van der Waals surface area contributed by atoms with Crippen molar-refractivity contribution in [2.75, 3.05) is 44.7 Å². The van der Waals surface area contributed by atoms with Gasteiger partial charge in [-0.3, -0.25) is 4.90 Å². The van der Waals surface area contributed by atoms with Gasteiger partial charge < -0.3 is 10.1 Å². The minimum absolute atomic E-state index is 0.762. The van der Waals surface area contributed by atoms with Crippen LogP contribution in [0.3, 0.4) is 0 Å². The van der Waals surface area contributed by atoms with Crippen LogP contribution in [0.2, 0.25) is 0 Å². The number of aromatic nitrogens is 2. The minimum Gasteiger partial charge on any atom is -0.379 e. The second-order valence-corrected chi connectivity index (χ2v) is 8.37. The molecule has 0 amide bonds. The summed E-state index contributed by atoms with van der Waals surface area (Å²) < 4.78 is 5.45. The zero-order valence-corrected chi connectivity index (χ0v) is 17.6. The van der Waals surface area contributed by atoms with Crippen LogP contribution >= 0.6 is 11.3 Å². The van der Waals surface area contributed by atoms with Gasteiger partial charge in [-0.1, -0.05) is 60.7 Å². The van der Waals surface area contributed by atoms with Gasteiger partial charge in [-0.05, 0) is 11.6 Å². The number of thiophene rings is 1. The van der Waals surface area contributed by atoms with Gasteiger partial charge in [-0.15, -0.1) is 11.3 Å². The second kappa shape index (κ2) is 8.92. The molecular formula is C24H24N4OS. The van der Waals surface area contributed by atoms with E-state index in [9.17, 15) is 0 Å². The lowest BCUT2D eigenvalue weighted by molar-refractivity contribution is 0.0398. The van der Waals surface area contributed by atoms with E-state index in [1.165, 1.54) is 10.4 Å². The Bertz CT molecular complexity index is 1110. The summed E-state index contributed by atoms with van der Waals surface area (Å²) in [5.74, 6) is 1.67. The largest absolute Gasteiger partial charge is 0.379 e. The molecule has 5 nitrogen and oxygen atoms in total. The monoisotopic (exact) mass is 416 g/mol. The molecule has 6 heteroatoms. The Labute approximate surface area is 180 Å². The number of morpholine rings is 1. The maximum Gasteiger partial charge on any atom is 0.163 e. The molecule has 4 aromatic rings. The van der Waals surface area contributed by atoms with Gasteiger partial charge in [-0.25, -0.2) is 9.97 Å². The van der Waals surface area contributed by atoms with Crippen LogP contribution in [0.1, 0.15) is 0 Å². The lowest BCUT2D eigenvalue weighted by Crippen LogP contribution is -2.39. The third-order valence-electron chi connectivity index (χ3n) is 5.31. The van der Waals surface area contributed by atoms with E-state index in [-0.39, 0.29) is 0 Å². The Morgan fingerprint density at radius 3 is 2.33 bits per heavy atom. The molecule has 1 fully saturated rings.